The predicted molar refractivity (Wildman–Crippen MR) is 69.2 cm³/mol. The van der Waals surface area contributed by atoms with Crippen molar-refractivity contribution in [3.63, 3.8) is 0 Å². The number of rotatable bonds is 7. The first-order chi connectivity index (χ1) is 8.29. The molecule has 5 N–H and O–H groups in total. The Morgan fingerprint density at radius 1 is 1.28 bits per heavy atom. The lowest BCUT2D eigenvalue weighted by atomic mass is 10.0. The fraction of sp³-hybridized carbons (Fsp3) is 0.700. The Kier molecular flexibility index (Phi) is 7.37. The SMILES string of the molecule is CC(C)C(NC(=O)C(N)CS)C(=O)NCC(=O)O. The van der Waals surface area contributed by atoms with Gasteiger partial charge in [0.2, 0.25) is 11.8 Å². The number of carbonyl (C=O) groups excluding carboxylic acids is 2. The zero-order valence-corrected chi connectivity index (χ0v) is 11.2. The molecule has 0 bridgehead atoms. The maximum absolute atomic E-state index is 11.7. The summed E-state index contributed by atoms with van der Waals surface area (Å²) in [5, 5.41) is 13.1. The van der Waals surface area contributed by atoms with E-state index in [9.17, 15) is 14.4 Å². The lowest BCUT2D eigenvalue weighted by Gasteiger charge is -2.22. The van der Waals surface area contributed by atoms with Gasteiger partial charge in [-0.25, -0.2) is 0 Å². The molecule has 0 aromatic rings. The maximum Gasteiger partial charge on any atom is 0.322 e. The van der Waals surface area contributed by atoms with Gasteiger partial charge < -0.3 is 21.5 Å². The van der Waals surface area contributed by atoms with Gasteiger partial charge in [-0.2, -0.15) is 12.6 Å². The minimum absolute atomic E-state index is 0.160. The average molecular weight is 277 g/mol. The normalized spacial score (nSPS) is 13.8. The second-order valence-corrected chi connectivity index (χ2v) is 4.50. The lowest BCUT2D eigenvalue weighted by Crippen LogP contribution is -2.54. The van der Waals surface area contributed by atoms with Crippen LogP contribution in [0.3, 0.4) is 0 Å². The highest BCUT2D eigenvalue weighted by molar-refractivity contribution is 7.80. The topological polar surface area (TPSA) is 122 Å². The van der Waals surface area contributed by atoms with Gasteiger partial charge in [0.1, 0.15) is 12.6 Å². The Morgan fingerprint density at radius 3 is 2.22 bits per heavy atom. The molecule has 0 aliphatic rings. The van der Waals surface area contributed by atoms with Crippen LogP contribution in [0.1, 0.15) is 13.8 Å². The van der Waals surface area contributed by atoms with Crippen LogP contribution in [0.2, 0.25) is 0 Å². The van der Waals surface area contributed by atoms with Crippen molar-refractivity contribution in [2.75, 3.05) is 12.3 Å². The van der Waals surface area contributed by atoms with E-state index >= 15 is 0 Å². The minimum atomic E-state index is -1.15. The van der Waals surface area contributed by atoms with E-state index in [1.54, 1.807) is 13.8 Å². The van der Waals surface area contributed by atoms with Crippen molar-refractivity contribution in [3.05, 3.63) is 0 Å². The van der Waals surface area contributed by atoms with Crippen molar-refractivity contribution in [3.8, 4) is 0 Å². The summed E-state index contributed by atoms with van der Waals surface area (Å²) in [5.74, 6) is -2.21. The Hall–Kier alpha value is -1.28. The molecule has 0 rings (SSSR count). The minimum Gasteiger partial charge on any atom is -0.480 e. The number of carbonyl (C=O) groups is 3. The highest BCUT2D eigenvalue weighted by atomic mass is 32.1. The van der Waals surface area contributed by atoms with Gasteiger partial charge in [0.05, 0.1) is 6.04 Å². The summed E-state index contributed by atoms with van der Waals surface area (Å²) < 4.78 is 0. The monoisotopic (exact) mass is 277 g/mol. The predicted octanol–water partition coefficient (Wildman–Crippen LogP) is -1.41. The molecule has 2 unspecified atom stereocenters. The van der Waals surface area contributed by atoms with Crippen LogP contribution >= 0.6 is 12.6 Å². The molecule has 0 saturated heterocycles. The molecular weight excluding hydrogens is 258 g/mol. The quantitative estimate of drug-likeness (QED) is 0.366. The van der Waals surface area contributed by atoms with E-state index in [4.69, 9.17) is 10.8 Å². The van der Waals surface area contributed by atoms with Crippen LogP contribution in [-0.2, 0) is 14.4 Å². The van der Waals surface area contributed by atoms with Crippen LogP contribution in [-0.4, -0.2) is 47.3 Å². The Morgan fingerprint density at radius 2 is 1.83 bits per heavy atom. The van der Waals surface area contributed by atoms with Crippen LogP contribution in [0, 0.1) is 5.92 Å². The second kappa shape index (κ2) is 7.93. The summed E-state index contributed by atoms with van der Waals surface area (Å²) in [7, 11) is 0. The fourth-order valence-electron chi connectivity index (χ4n) is 1.15. The van der Waals surface area contributed by atoms with Crippen LogP contribution < -0.4 is 16.4 Å². The standard InChI is InChI=1S/C10H19N3O4S/c1-5(2)8(10(17)12-3-7(14)15)13-9(16)6(11)4-18/h5-6,8,18H,3-4,11H2,1-2H3,(H,12,17)(H,13,16)(H,14,15). The van der Waals surface area contributed by atoms with E-state index in [1.807, 2.05) is 0 Å². The van der Waals surface area contributed by atoms with Gasteiger partial charge in [0.25, 0.3) is 0 Å². The first kappa shape index (κ1) is 16.7. The molecule has 0 aliphatic carbocycles. The van der Waals surface area contributed by atoms with Crippen LogP contribution in [0.4, 0.5) is 0 Å². The summed E-state index contributed by atoms with van der Waals surface area (Å²) >= 11 is 3.88. The van der Waals surface area contributed by atoms with Crippen LogP contribution in [0.15, 0.2) is 0 Å². The molecule has 0 aliphatic heterocycles. The Labute approximate surface area is 111 Å². The van der Waals surface area contributed by atoms with Gasteiger partial charge in [-0.3, -0.25) is 14.4 Å². The second-order valence-electron chi connectivity index (χ2n) is 4.13. The highest BCUT2D eigenvalue weighted by Gasteiger charge is 2.26. The first-order valence-corrected chi connectivity index (χ1v) is 6.09. The van der Waals surface area contributed by atoms with Crippen molar-refractivity contribution in [2.45, 2.75) is 25.9 Å². The Bertz CT molecular complexity index is 322. The molecule has 0 aromatic heterocycles. The molecule has 7 nitrogen and oxygen atoms in total. The van der Waals surface area contributed by atoms with E-state index in [-0.39, 0.29) is 11.7 Å². The smallest absolute Gasteiger partial charge is 0.322 e. The summed E-state index contributed by atoms with van der Waals surface area (Å²) in [6.45, 7) is 2.98. The van der Waals surface area contributed by atoms with Gasteiger partial charge in [-0.1, -0.05) is 13.8 Å². The van der Waals surface area contributed by atoms with E-state index < -0.39 is 36.4 Å². The van der Waals surface area contributed by atoms with Gasteiger partial charge in [0, 0.05) is 5.75 Å². The first-order valence-electron chi connectivity index (χ1n) is 5.45. The number of hydrogen-bond donors (Lipinski definition) is 5. The van der Waals surface area contributed by atoms with Crippen LogP contribution in [0.25, 0.3) is 0 Å². The zero-order chi connectivity index (χ0) is 14.3. The summed E-state index contributed by atoms with van der Waals surface area (Å²) in [6, 6.07) is -1.62. The van der Waals surface area contributed by atoms with Crippen LogP contribution in [0.5, 0.6) is 0 Å². The third-order valence-corrected chi connectivity index (χ3v) is 2.59. The van der Waals surface area contributed by atoms with E-state index in [0.29, 0.717) is 0 Å². The molecule has 0 fully saturated rings. The van der Waals surface area contributed by atoms with E-state index in [1.165, 1.54) is 0 Å². The van der Waals surface area contributed by atoms with Gasteiger partial charge in [-0.05, 0) is 5.92 Å². The highest BCUT2D eigenvalue weighted by Crippen LogP contribution is 2.02. The number of thiol groups is 1. The average Bonchev–Trinajstić information content (AvgIpc) is 2.30. The number of carboxylic acids is 1. The fourth-order valence-corrected chi connectivity index (χ4v) is 1.32. The molecule has 104 valence electrons. The number of nitrogens with two attached hydrogens (primary N) is 1. The van der Waals surface area contributed by atoms with E-state index in [2.05, 4.69) is 23.3 Å². The van der Waals surface area contributed by atoms with Gasteiger partial charge in [0.15, 0.2) is 0 Å². The summed E-state index contributed by atoms with van der Waals surface area (Å²) in [5.41, 5.74) is 5.47. The largest absolute Gasteiger partial charge is 0.480 e. The summed E-state index contributed by atoms with van der Waals surface area (Å²) in [4.78, 5) is 33.6. The zero-order valence-electron chi connectivity index (χ0n) is 10.3. The number of aliphatic carboxylic acids is 1. The van der Waals surface area contributed by atoms with Crippen molar-refractivity contribution in [2.24, 2.45) is 11.7 Å². The molecule has 0 radical (unpaired) electrons. The summed E-state index contributed by atoms with van der Waals surface area (Å²) in [6.07, 6.45) is 0. The molecule has 2 amide bonds. The molecular formula is C10H19N3O4S. The van der Waals surface area contributed by atoms with Crippen molar-refractivity contribution >= 4 is 30.4 Å². The maximum atomic E-state index is 11.7. The third kappa shape index (κ3) is 5.87. The lowest BCUT2D eigenvalue weighted by molar-refractivity contribution is -0.138. The molecule has 8 heteroatoms. The number of hydrogen-bond acceptors (Lipinski definition) is 5. The molecule has 0 saturated carbocycles. The van der Waals surface area contributed by atoms with Crippen molar-refractivity contribution in [1.29, 1.82) is 0 Å². The third-order valence-electron chi connectivity index (χ3n) is 2.19. The molecule has 18 heavy (non-hydrogen) atoms. The van der Waals surface area contributed by atoms with E-state index in [0.717, 1.165) is 0 Å². The molecule has 0 aromatic carbocycles. The molecule has 0 heterocycles. The van der Waals surface area contributed by atoms with Crippen molar-refractivity contribution in [1.82, 2.24) is 10.6 Å². The van der Waals surface area contributed by atoms with Crippen molar-refractivity contribution < 1.29 is 19.5 Å². The Balaban J connectivity index is 4.52. The number of carboxylic acid groups (broad SMARTS) is 1. The van der Waals surface area contributed by atoms with Gasteiger partial charge in [-0.15, -0.1) is 0 Å². The van der Waals surface area contributed by atoms with Gasteiger partial charge >= 0.3 is 5.97 Å². The number of nitrogens with one attached hydrogen (secondary N) is 2. The number of amides is 2. The molecule has 0 spiro atoms. The molecule has 2 atom stereocenters.